The average Bonchev–Trinajstić information content (AvgIpc) is 2.25. The smallest absolute Gasteiger partial charge is 0.160 e. The highest BCUT2D eigenvalue weighted by Crippen LogP contribution is 2.55. The van der Waals surface area contributed by atoms with E-state index in [1.165, 1.54) is 0 Å². The molecule has 2 aromatic rings. The lowest BCUT2D eigenvalue weighted by Gasteiger charge is -2.25. The van der Waals surface area contributed by atoms with Crippen molar-refractivity contribution >= 4 is 106 Å². The van der Waals surface area contributed by atoms with Gasteiger partial charge >= 0.3 is 0 Å². The number of rotatable bonds is 0. The molecule has 0 heterocycles. The first-order valence-electron chi connectivity index (χ1n) is 5.01. The first-order chi connectivity index (χ1) is 8.62. The molecule has 0 fully saturated rings. The van der Waals surface area contributed by atoms with E-state index in [2.05, 4.69) is 95.6 Å². The Kier molecular flexibility index (Phi) is 5.18. The molecule has 0 spiro atoms. The maximum absolute atomic E-state index is 9.97. The molecule has 0 unspecified atom stereocenters. The lowest BCUT2D eigenvalue weighted by atomic mass is 10.0. The standard InChI is InChI=1S/C12H6Br6O/c13-11(14,15)8-5-4-6-7(2-1-3-9(6)19)10(8)12(16,17)18/h1-5,19H. The molecule has 0 aliphatic rings. The fourth-order valence-electron chi connectivity index (χ4n) is 1.88. The van der Waals surface area contributed by atoms with Crippen LogP contribution in [0.2, 0.25) is 0 Å². The predicted molar refractivity (Wildman–Crippen MR) is 103 cm³/mol. The van der Waals surface area contributed by atoms with E-state index in [-0.39, 0.29) is 5.75 Å². The van der Waals surface area contributed by atoms with Gasteiger partial charge < -0.3 is 5.11 Å². The number of phenols is 1. The molecule has 19 heavy (non-hydrogen) atoms. The van der Waals surface area contributed by atoms with Crippen LogP contribution >= 0.6 is 95.6 Å². The molecule has 2 aromatic carbocycles. The van der Waals surface area contributed by atoms with Gasteiger partial charge in [0.15, 0.2) is 4.29 Å². The quantitative estimate of drug-likeness (QED) is 0.303. The van der Waals surface area contributed by atoms with Crippen LogP contribution in [0.25, 0.3) is 10.8 Å². The molecule has 2 rings (SSSR count). The van der Waals surface area contributed by atoms with Gasteiger partial charge in [-0.3, -0.25) is 0 Å². The van der Waals surface area contributed by atoms with E-state index >= 15 is 0 Å². The van der Waals surface area contributed by atoms with Crippen LogP contribution in [-0.4, -0.2) is 5.11 Å². The van der Waals surface area contributed by atoms with Gasteiger partial charge in [0.25, 0.3) is 0 Å². The molecule has 0 bridgehead atoms. The normalized spacial score (nSPS) is 12.9. The van der Waals surface area contributed by atoms with Crippen LogP contribution in [0, 0.1) is 0 Å². The number of alkyl halides is 6. The molecule has 0 radical (unpaired) electrons. The maximum atomic E-state index is 9.97. The fourth-order valence-corrected chi connectivity index (χ4v) is 4.16. The van der Waals surface area contributed by atoms with Crippen LogP contribution in [0.5, 0.6) is 5.75 Å². The Morgan fingerprint density at radius 2 is 1.37 bits per heavy atom. The summed E-state index contributed by atoms with van der Waals surface area (Å²) in [6.45, 7) is 0. The fraction of sp³-hybridized carbons (Fsp3) is 0.167. The molecule has 0 atom stereocenters. The van der Waals surface area contributed by atoms with Crippen LogP contribution in [0.4, 0.5) is 0 Å². The minimum atomic E-state index is -0.601. The van der Waals surface area contributed by atoms with Crippen LogP contribution < -0.4 is 0 Å². The number of fused-ring (bicyclic) bond motifs is 1. The van der Waals surface area contributed by atoms with Crippen molar-refractivity contribution in [2.75, 3.05) is 0 Å². The zero-order valence-corrected chi connectivity index (χ0v) is 18.6. The zero-order chi connectivity index (χ0) is 14.4. The van der Waals surface area contributed by atoms with Crippen molar-refractivity contribution in [3.8, 4) is 5.75 Å². The number of phenolic OH excluding ortho intramolecular Hbond substituents is 1. The lowest BCUT2D eigenvalue weighted by Crippen LogP contribution is -2.10. The molecule has 0 amide bonds. The minimum absolute atomic E-state index is 0.256. The van der Waals surface area contributed by atoms with Crippen molar-refractivity contribution in [2.45, 2.75) is 4.29 Å². The molecule has 0 aromatic heterocycles. The van der Waals surface area contributed by atoms with E-state index < -0.39 is 4.29 Å². The molecule has 102 valence electrons. The summed E-state index contributed by atoms with van der Waals surface area (Å²) in [5, 5.41) is 11.7. The SMILES string of the molecule is Oc1cccc2c(C(Br)(Br)Br)c(C(Br)(Br)Br)ccc12. The zero-order valence-electron chi connectivity index (χ0n) is 9.10. The molecular weight excluding hydrogens is 640 g/mol. The highest BCUT2D eigenvalue weighted by atomic mass is 80.0. The Bertz CT molecular complexity index is 626. The second kappa shape index (κ2) is 5.88. The van der Waals surface area contributed by atoms with Crippen molar-refractivity contribution in [2.24, 2.45) is 0 Å². The average molecular weight is 646 g/mol. The van der Waals surface area contributed by atoms with Crippen molar-refractivity contribution in [1.29, 1.82) is 0 Å². The van der Waals surface area contributed by atoms with Gasteiger partial charge in [0.2, 0.25) is 0 Å². The minimum Gasteiger partial charge on any atom is -0.507 e. The molecular formula is C12H6Br6O. The Morgan fingerprint density at radius 1 is 0.737 bits per heavy atom. The van der Waals surface area contributed by atoms with Gasteiger partial charge in [-0.15, -0.1) is 0 Å². The van der Waals surface area contributed by atoms with E-state index in [0.29, 0.717) is 0 Å². The van der Waals surface area contributed by atoms with E-state index in [0.717, 1.165) is 21.9 Å². The number of hydrogen-bond acceptors (Lipinski definition) is 1. The van der Waals surface area contributed by atoms with E-state index in [1.807, 2.05) is 24.3 Å². The first kappa shape index (κ1) is 16.7. The summed E-state index contributed by atoms with van der Waals surface area (Å²) in [7, 11) is 0. The second-order valence-corrected chi connectivity index (χ2v) is 17.4. The third-order valence-electron chi connectivity index (χ3n) is 2.63. The summed E-state index contributed by atoms with van der Waals surface area (Å²) in [5.41, 5.74) is 1.92. The summed E-state index contributed by atoms with van der Waals surface area (Å²) >= 11 is 21.3. The molecule has 0 saturated carbocycles. The van der Waals surface area contributed by atoms with Gasteiger partial charge in [-0.25, -0.2) is 0 Å². The molecule has 0 aliphatic carbocycles. The summed E-state index contributed by atoms with van der Waals surface area (Å²) in [4.78, 5) is 0. The second-order valence-electron chi connectivity index (χ2n) is 3.86. The third-order valence-corrected chi connectivity index (χ3v) is 5.10. The summed E-state index contributed by atoms with van der Waals surface area (Å²) < 4.78 is -1.15. The lowest BCUT2D eigenvalue weighted by molar-refractivity contribution is 0.481. The summed E-state index contributed by atoms with van der Waals surface area (Å²) in [5.74, 6) is 0.256. The van der Waals surface area contributed by atoms with E-state index in [9.17, 15) is 5.11 Å². The van der Waals surface area contributed by atoms with Crippen molar-refractivity contribution in [3.05, 3.63) is 41.5 Å². The van der Waals surface area contributed by atoms with E-state index in [4.69, 9.17) is 0 Å². The molecule has 0 aliphatic heterocycles. The van der Waals surface area contributed by atoms with Gasteiger partial charge in [-0.1, -0.05) is 120 Å². The van der Waals surface area contributed by atoms with Crippen molar-refractivity contribution < 1.29 is 5.11 Å². The highest BCUT2D eigenvalue weighted by Gasteiger charge is 2.34. The van der Waals surface area contributed by atoms with E-state index in [1.54, 1.807) is 6.07 Å². The predicted octanol–water partition coefficient (Wildman–Crippen LogP) is 7.14. The van der Waals surface area contributed by atoms with Gasteiger partial charge in [0.05, 0.1) is 0 Å². The Hall–Kier alpha value is 1.38. The monoisotopic (exact) mass is 640 g/mol. The van der Waals surface area contributed by atoms with Gasteiger partial charge in [-0.2, -0.15) is 0 Å². The summed E-state index contributed by atoms with van der Waals surface area (Å²) in [6.07, 6.45) is 0. The topological polar surface area (TPSA) is 20.2 Å². The Labute approximate surface area is 161 Å². The number of halogens is 6. The number of benzene rings is 2. The van der Waals surface area contributed by atoms with Crippen molar-refractivity contribution in [1.82, 2.24) is 0 Å². The first-order valence-corrected chi connectivity index (χ1v) is 9.77. The molecule has 0 saturated heterocycles. The van der Waals surface area contributed by atoms with Crippen LogP contribution in [0.3, 0.4) is 0 Å². The van der Waals surface area contributed by atoms with Crippen LogP contribution in [0.15, 0.2) is 30.3 Å². The highest BCUT2D eigenvalue weighted by molar-refractivity contribution is 9.39. The number of aromatic hydroxyl groups is 1. The molecule has 1 nitrogen and oxygen atoms in total. The third kappa shape index (κ3) is 3.59. The van der Waals surface area contributed by atoms with Crippen molar-refractivity contribution in [3.63, 3.8) is 0 Å². The number of hydrogen-bond donors (Lipinski definition) is 1. The Morgan fingerprint density at radius 3 is 1.89 bits per heavy atom. The van der Waals surface area contributed by atoms with Gasteiger partial charge in [0, 0.05) is 10.9 Å². The molecule has 1 N–H and O–H groups in total. The summed E-state index contributed by atoms with van der Waals surface area (Å²) in [6, 6.07) is 9.29. The maximum Gasteiger partial charge on any atom is 0.160 e. The van der Waals surface area contributed by atoms with Gasteiger partial charge in [-0.05, 0) is 17.0 Å². The Balaban J connectivity index is 2.94. The molecule has 7 heteroatoms. The van der Waals surface area contributed by atoms with Crippen LogP contribution in [-0.2, 0) is 4.29 Å². The largest absolute Gasteiger partial charge is 0.507 e. The van der Waals surface area contributed by atoms with Gasteiger partial charge in [0.1, 0.15) is 5.75 Å². The van der Waals surface area contributed by atoms with Crippen LogP contribution in [0.1, 0.15) is 11.1 Å².